The van der Waals surface area contributed by atoms with Crippen LogP contribution in [-0.2, 0) is 0 Å². The van der Waals surface area contributed by atoms with E-state index in [1.165, 1.54) is 30.9 Å². The normalized spacial score (nSPS) is 10.2. The molecule has 60 valence electrons. The Kier molecular flexibility index (Phi) is 9.95. The molecule has 0 bridgehead atoms. The van der Waals surface area contributed by atoms with E-state index in [9.17, 15) is 4.39 Å². The van der Waals surface area contributed by atoms with Gasteiger partial charge in [0.25, 0.3) is 0 Å². The Hall–Kier alpha value is 0.488. The van der Waals surface area contributed by atoms with Gasteiger partial charge in [-0.3, -0.25) is 0 Å². The quantitative estimate of drug-likeness (QED) is 0.443. The molecule has 0 heterocycles. The molecule has 2 heteroatoms. The van der Waals surface area contributed by atoms with Crippen molar-refractivity contribution in [3.05, 3.63) is 0 Å². The molecule has 0 amide bonds. The second-order valence-corrected chi connectivity index (χ2v) is 3.47. The van der Waals surface area contributed by atoms with Gasteiger partial charge in [-0.25, -0.2) is 0 Å². The van der Waals surface area contributed by atoms with Crippen LogP contribution < -0.4 is 0 Å². The summed E-state index contributed by atoms with van der Waals surface area (Å²) in [6.07, 6.45) is 6.99. The topological polar surface area (TPSA) is 0 Å². The van der Waals surface area contributed by atoms with Crippen LogP contribution in [0.4, 0.5) is 4.39 Å². The van der Waals surface area contributed by atoms with Crippen molar-refractivity contribution < 1.29 is 4.39 Å². The molecule has 0 atom stereocenters. The van der Waals surface area contributed by atoms with E-state index in [-0.39, 0.29) is 6.67 Å². The Morgan fingerprint density at radius 3 is 1.80 bits per heavy atom. The van der Waals surface area contributed by atoms with Crippen molar-refractivity contribution in [1.29, 1.82) is 0 Å². The summed E-state index contributed by atoms with van der Waals surface area (Å²) in [5.41, 5.74) is 0. The van der Waals surface area contributed by atoms with Crippen molar-refractivity contribution in [3.63, 3.8) is 0 Å². The Morgan fingerprint density at radius 1 is 0.800 bits per heavy atom. The van der Waals surface area contributed by atoms with Crippen LogP contribution in [0.1, 0.15) is 38.5 Å². The molecule has 0 rings (SSSR count). The standard InChI is InChI=1S/C8H16AsF/c9-7-5-3-1-2-4-6-8-10/h1-8H2. The van der Waals surface area contributed by atoms with Crippen LogP contribution in [0.3, 0.4) is 0 Å². The Morgan fingerprint density at radius 2 is 1.30 bits per heavy atom. The first-order valence-corrected chi connectivity index (χ1v) is 5.41. The summed E-state index contributed by atoms with van der Waals surface area (Å²) < 4.78 is 11.6. The van der Waals surface area contributed by atoms with Gasteiger partial charge in [0.2, 0.25) is 0 Å². The number of unbranched alkanes of at least 4 members (excludes halogenated alkanes) is 5. The molecular weight excluding hydrogens is 190 g/mol. The predicted molar refractivity (Wildman–Crippen MR) is 44.2 cm³/mol. The average molecular weight is 206 g/mol. The van der Waals surface area contributed by atoms with Crippen LogP contribution >= 0.6 is 0 Å². The van der Waals surface area contributed by atoms with E-state index in [0.29, 0.717) is 0 Å². The van der Waals surface area contributed by atoms with E-state index < -0.39 is 0 Å². The van der Waals surface area contributed by atoms with Crippen molar-refractivity contribution in [1.82, 2.24) is 0 Å². The maximum atomic E-state index is 11.6. The van der Waals surface area contributed by atoms with Gasteiger partial charge in [0.1, 0.15) is 0 Å². The van der Waals surface area contributed by atoms with E-state index in [2.05, 4.69) is 16.9 Å². The molecule has 0 aromatic carbocycles. The molecule has 0 aromatic heterocycles. The summed E-state index contributed by atoms with van der Waals surface area (Å²) in [4.78, 5) is 0. The zero-order chi connectivity index (χ0) is 7.66. The summed E-state index contributed by atoms with van der Waals surface area (Å²) in [7, 11) is 0. The molecule has 0 aliphatic heterocycles. The number of halogens is 1. The van der Waals surface area contributed by atoms with Gasteiger partial charge in [-0.2, -0.15) is 0 Å². The fourth-order valence-electron chi connectivity index (χ4n) is 0.913. The average Bonchev–Trinajstić information content (AvgIpc) is 1.97. The van der Waals surface area contributed by atoms with E-state index >= 15 is 0 Å². The number of hydrogen-bond donors (Lipinski definition) is 0. The van der Waals surface area contributed by atoms with Gasteiger partial charge in [0, 0.05) is 0 Å². The van der Waals surface area contributed by atoms with Crippen LogP contribution in [0.2, 0.25) is 5.21 Å². The van der Waals surface area contributed by atoms with E-state index in [1.54, 1.807) is 0 Å². The SMILES string of the molecule is FCCCCCCCC[As]. The number of alkyl halides is 1. The van der Waals surface area contributed by atoms with E-state index in [1.807, 2.05) is 0 Å². The van der Waals surface area contributed by atoms with Crippen LogP contribution in [-0.4, -0.2) is 23.5 Å². The minimum absolute atomic E-state index is 0.134. The van der Waals surface area contributed by atoms with Crippen LogP contribution in [0, 0.1) is 0 Å². The fraction of sp³-hybridized carbons (Fsp3) is 1.00. The predicted octanol–water partition coefficient (Wildman–Crippen LogP) is 2.88. The summed E-state index contributed by atoms with van der Waals surface area (Å²) in [6.45, 7) is -0.134. The number of rotatable bonds is 7. The van der Waals surface area contributed by atoms with Crippen LogP contribution in [0.15, 0.2) is 0 Å². The monoisotopic (exact) mass is 206 g/mol. The Labute approximate surface area is 72.1 Å². The molecule has 0 nitrogen and oxygen atoms in total. The van der Waals surface area contributed by atoms with Crippen molar-refractivity contribution in [2.45, 2.75) is 43.7 Å². The summed E-state index contributed by atoms with van der Waals surface area (Å²) in [5.74, 6) is 0. The Balaban J connectivity index is 2.65. The van der Waals surface area contributed by atoms with Crippen molar-refractivity contribution in [2.75, 3.05) is 6.67 Å². The summed E-state index contributed by atoms with van der Waals surface area (Å²) in [5, 5.41) is 1.23. The molecule has 0 aliphatic carbocycles. The van der Waals surface area contributed by atoms with Crippen LogP contribution in [0.25, 0.3) is 0 Å². The van der Waals surface area contributed by atoms with Gasteiger partial charge in [-0.15, -0.1) is 0 Å². The zero-order valence-electron chi connectivity index (χ0n) is 6.48. The molecule has 0 saturated carbocycles. The number of hydrogen-bond acceptors (Lipinski definition) is 0. The molecule has 0 aliphatic rings. The molecule has 10 heavy (non-hydrogen) atoms. The molecule has 0 fully saturated rings. The van der Waals surface area contributed by atoms with Gasteiger partial charge in [0.15, 0.2) is 0 Å². The first-order chi connectivity index (χ1) is 4.91. The van der Waals surface area contributed by atoms with Crippen molar-refractivity contribution >= 4 is 16.9 Å². The van der Waals surface area contributed by atoms with E-state index in [4.69, 9.17) is 0 Å². The third-order valence-corrected chi connectivity index (χ3v) is 2.21. The molecular formula is C8H16AsF. The van der Waals surface area contributed by atoms with Gasteiger partial charge >= 0.3 is 71.7 Å². The first kappa shape index (κ1) is 10.5. The van der Waals surface area contributed by atoms with Gasteiger partial charge in [-0.1, -0.05) is 0 Å². The third kappa shape index (κ3) is 8.49. The maximum absolute atomic E-state index is 11.6. The minimum atomic E-state index is -0.134. The molecule has 2 radical (unpaired) electrons. The summed E-state index contributed by atoms with van der Waals surface area (Å²) >= 11 is 2.60. The van der Waals surface area contributed by atoms with Crippen molar-refractivity contribution in [3.8, 4) is 0 Å². The van der Waals surface area contributed by atoms with Gasteiger partial charge in [-0.05, 0) is 0 Å². The third-order valence-electron chi connectivity index (χ3n) is 1.54. The molecule has 0 aromatic rings. The molecule has 0 unspecified atom stereocenters. The second-order valence-electron chi connectivity index (χ2n) is 2.53. The summed E-state index contributed by atoms with van der Waals surface area (Å²) in [6, 6.07) is 0. The van der Waals surface area contributed by atoms with Crippen molar-refractivity contribution in [2.24, 2.45) is 0 Å². The van der Waals surface area contributed by atoms with Gasteiger partial charge < -0.3 is 0 Å². The zero-order valence-corrected chi connectivity index (χ0v) is 8.36. The van der Waals surface area contributed by atoms with Gasteiger partial charge in [0.05, 0.1) is 0 Å². The van der Waals surface area contributed by atoms with Crippen LogP contribution in [0.5, 0.6) is 0 Å². The molecule has 0 N–H and O–H groups in total. The second kappa shape index (κ2) is 9.49. The molecule has 0 saturated heterocycles. The molecule has 0 spiro atoms. The first-order valence-electron chi connectivity index (χ1n) is 4.08. The fourth-order valence-corrected chi connectivity index (χ4v) is 1.38. The Bertz CT molecular complexity index is 49.2. The van der Waals surface area contributed by atoms with E-state index in [0.717, 1.165) is 12.8 Å².